The summed E-state index contributed by atoms with van der Waals surface area (Å²) in [5.41, 5.74) is 0.332. The van der Waals surface area contributed by atoms with E-state index in [0.29, 0.717) is 56.2 Å². The molecule has 2 heterocycles. The summed E-state index contributed by atoms with van der Waals surface area (Å²) in [6, 6.07) is 6.59. The van der Waals surface area contributed by atoms with E-state index in [1.165, 1.54) is 17.7 Å². The van der Waals surface area contributed by atoms with Crippen molar-refractivity contribution < 1.29 is 22.3 Å². The van der Waals surface area contributed by atoms with Crippen molar-refractivity contribution >= 4 is 11.5 Å². The third-order valence-electron chi connectivity index (χ3n) is 6.37. The van der Waals surface area contributed by atoms with Crippen molar-refractivity contribution in [3.8, 4) is 5.75 Å². The Kier molecular flexibility index (Phi) is 9.41. The summed E-state index contributed by atoms with van der Waals surface area (Å²) < 4.78 is 59.2. The molecule has 0 unspecified atom stereocenters. The van der Waals surface area contributed by atoms with Crippen molar-refractivity contribution in [2.75, 3.05) is 56.1 Å². The van der Waals surface area contributed by atoms with Crippen molar-refractivity contribution in [1.82, 2.24) is 14.0 Å². The summed E-state index contributed by atoms with van der Waals surface area (Å²) in [6.45, 7) is 6.30. The predicted octanol–water partition coefficient (Wildman–Crippen LogP) is 2.72. The third-order valence-corrected chi connectivity index (χ3v) is 6.37. The van der Waals surface area contributed by atoms with Gasteiger partial charge in [-0.25, -0.2) is 13.6 Å². The molecule has 37 heavy (non-hydrogen) atoms. The van der Waals surface area contributed by atoms with E-state index in [0.717, 1.165) is 17.5 Å². The van der Waals surface area contributed by atoms with Gasteiger partial charge in [0.25, 0.3) is 5.56 Å². The number of allylic oxidation sites excluding steroid dienone is 1. The normalized spacial score (nSPS) is 14.7. The number of anilines is 2. The highest BCUT2D eigenvalue weighted by atomic mass is 19.3. The molecule has 12 heteroatoms. The molecule has 3 rings (SSSR count). The molecule has 0 saturated carbocycles. The molecule has 1 aromatic heterocycles. The fourth-order valence-electron chi connectivity index (χ4n) is 4.27. The monoisotopic (exact) mass is 527 g/mol. The Hall–Kier alpha value is -3.28. The second kappa shape index (κ2) is 12.3. The fraction of sp³-hybridized carbons (Fsp3) is 0.520. The first-order valence-electron chi connectivity index (χ1n) is 12.1. The average Bonchev–Trinajstić information content (AvgIpc) is 2.89. The van der Waals surface area contributed by atoms with E-state index in [9.17, 15) is 27.2 Å². The molecule has 1 aliphatic heterocycles. The van der Waals surface area contributed by atoms with E-state index >= 15 is 0 Å². The Morgan fingerprint density at radius 3 is 2.43 bits per heavy atom. The van der Waals surface area contributed by atoms with E-state index in [-0.39, 0.29) is 11.3 Å². The molecule has 0 aliphatic carbocycles. The quantitative estimate of drug-likeness (QED) is 0.260. The van der Waals surface area contributed by atoms with Crippen LogP contribution in [0.1, 0.15) is 12.0 Å². The molecule has 1 saturated heterocycles. The molecule has 204 valence electrons. The summed E-state index contributed by atoms with van der Waals surface area (Å²) >= 11 is 0. The number of piperazine rings is 1. The number of para-hydroxylation sites is 2. The molecule has 2 aromatic rings. The Bertz CT molecular complexity index is 1190. The molecule has 0 amide bonds. The van der Waals surface area contributed by atoms with Gasteiger partial charge >= 0.3 is 18.0 Å². The number of alkyl halides is 4. The lowest BCUT2D eigenvalue weighted by molar-refractivity contribution is -0.148. The van der Waals surface area contributed by atoms with Crippen molar-refractivity contribution in [2.45, 2.75) is 25.2 Å². The van der Waals surface area contributed by atoms with Crippen LogP contribution in [0.25, 0.3) is 0 Å². The number of halogens is 4. The van der Waals surface area contributed by atoms with E-state index in [4.69, 9.17) is 4.74 Å². The number of rotatable bonds is 12. The SMILES string of the molecule is C=CCc1c(NCCCN2CCN(c3ccccc3OCC(F)(F)C(F)F)CC2)n(C)c(=O)n(C)c1=O. The largest absolute Gasteiger partial charge is 0.485 e. The highest BCUT2D eigenvalue weighted by Crippen LogP contribution is 2.31. The summed E-state index contributed by atoms with van der Waals surface area (Å²) in [5.74, 6) is -3.58. The van der Waals surface area contributed by atoms with Gasteiger partial charge in [0.05, 0.1) is 11.3 Å². The van der Waals surface area contributed by atoms with Crippen molar-refractivity contribution in [3.63, 3.8) is 0 Å². The highest BCUT2D eigenvalue weighted by Gasteiger charge is 2.42. The van der Waals surface area contributed by atoms with Gasteiger partial charge in [0, 0.05) is 46.8 Å². The summed E-state index contributed by atoms with van der Waals surface area (Å²) in [6.07, 6.45) is -1.06. The van der Waals surface area contributed by atoms with Gasteiger partial charge in [-0.05, 0) is 31.5 Å². The fourth-order valence-corrected chi connectivity index (χ4v) is 4.27. The van der Waals surface area contributed by atoms with Gasteiger partial charge in [0.2, 0.25) is 0 Å². The average molecular weight is 528 g/mol. The first-order chi connectivity index (χ1) is 17.6. The Labute approximate surface area is 212 Å². The minimum atomic E-state index is -4.22. The summed E-state index contributed by atoms with van der Waals surface area (Å²) in [7, 11) is 3.07. The Morgan fingerprint density at radius 1 is 1.11 bits per heavy atom. The number of benzene rings is 1. The summed E-state index contributed by atoms with van der Waals surface area (Å²) in [4.78, 5) is 29.0. The molecule has 1 aliphatic rings. The maximum absolute atomic E-state index is 13.3. The molecule has 0 spiro atoms. The van der Waals surface area contributed by atoms with Crippen molar-refractivity contribution in [1.29, 1.82) is 0 Å². The molecule has 1 N–H and O–H groups in total. The lowest BCUT2D eigenvalue weighted by Gasteiger charge is -2.36. The van der Waals surface area contributed by atoms with Gasteiger partial charge in [-0.15, -0.1) is 6.58 Å². The molecular formula is C25H33F4N5O3. The number of aromatic nitrogens is 2. The molecule has 8 nitrogen and oxygen atoms in total. The molecule has 1 fully saturated rings. The van der Waals surface area contributed by atoms with Crippen LogP contribution in [0.2, 0.25) is 0 Å². The molecule has 0 atom stereocenters. The van der Waals surface area contributed by atoms with Crippen LogP contribution in [0.4, 0.5) is 29.1 Å². The van der Waals surface area contributed by atoms with Gasteiger partial charge in [-0.2, -0.15) is 8.78 Å². The second-order valence-corrected chi connectivity index (χ2v) is 8.95. The Morgan fingerprint density at radius 2 is 1.78 bits per heavy atom. The highest BCUT2D eigenvalue weighted by molar-refractivity contribution is 5.58. The maximum atomic E-state index is 13.3. The third kappa shape index (κ3) is 6.73. The van der Waals surface area contributed by atoms with E-state index < -0.39 is 24.6 Å². The van der Waals surface area contributed by atoms with Crippen molar-refractivity contribution in [3.05, 3.63) is 63.3 Å². The lowest BCUT2D eigenvalue weighted by atomic mass is 10.2. The first kappa shape index (κ1) is 28.3. The molecule has 1 aromatic carbocycles. The minimum Gasteiger partial charge on any atom is -0.485 e. The van der Waals surface area contributed by atoms with Gasteiger partial charge in [0.1, 0.15) is 11.6 Å². The smallest absolute Gasteiger partial charge is 0.340 e. The minimum absolute atomic E-state index is 0.149. The van der Waals surface area contributed by atoms with Crippen LogP contribution in [0.3, 0.4) is 0 Å². The van der Waals surface area contributed by atoms with Crippen molar-refractivity contribution in [2.24, 2.45) is 14.1 Å². The second-order valence-electron chi connectivity index (χ2n) is 8.95. The number of hydrogen-bond donors (Lipinski definition) is 1. The van der Waals surface area contributed by atoms with E-state index in [1.54, 1.807) is 31.3 Å². The van der Waals surface area contributed by atoms with Gasteiger partial charge in [-0.3, -0.25) is 18.8 Å². The zero-order valence-corrected chi connectivity index (χ0v) is 21.1. The molecular weight excluding hydrogens is 494 g/mol. The summed E-state index contributed by atoms with van der Waals surface area (Å²) in [5, 5.41) is 3.22. The van der Waals surface area contributed by atoms with Crippen LogP contribution in [0, 0.1) is 0 Å². The standard InChI is InChI=1S/C25H33F4N5O3/c1-4-8-18-21(31(2)24(36)32(3)22(18)35)30-11-7-12-33-13-15-34(16-14-33)19-9-5-6-10-20(19)37-17-25(28,29)23(26)27/h4-6,9-10,23,30H,1,7-8,11-17H2,2-3H3. The number of ether oxygens (including phenoxy) is 1. The molecule has 0 bridgehead atoms. The van der Waals surface area contributed by atoms with Crippen LogP contribution in [-0.4, -0.2) is 72.3 Å². The number of nitrogens with zero attached hydrogens (tertiary/aromatic N) is 4. The van der Waals surface area contributed by atoms with E-state index in [1.807, 2.05) is 4.90 Å². The predicted molar refractivity (Wildman–Crippen MR) is 135 cm³/mol. The van der Waals surface area contributed by atoms with Crippen LogP contribution >= 0.6 is 0 Å². The number of hydrogen-bond acceptors (Lipinski definition) is 6. The lowest BCUT2D eigenvalue weighted by Crippen LogP contribution is -2.47. The Balaban J connectivity index is 1.52. The van der Waals surface area contributed by atoms with Gasteiger partial charge in [0.15, 0.2) is 6.61 Å². The van der Waals surface area contributed by atoms with Gasteiger partial charge < -0.3 is 15.0 Å². The zero-order chi connectivity index (χ0) is 27.2. The van der Waals surface area contributed by atoms with Crippen LogP contribution in [0.15, 0.2) is 46.5 Å². The zero-order valence-electron chi connectivity index (χ0n) is 21.1. The maximum Gasteiger partial charge on any atom is 0.340 e. The first-order valence-corrected chi connectivity index (χ1v) is 12.1. The van der Waals surface area contributed by atoms with Gasteiger partial charge in [-0.1, -0.05) is 18.2 Å². The number of nitrogens with one attached hydrogen (secondary N) is 1. The topological polar surface area (TPSA) is 71.7 Å². The molecule has 0 radical (unpaired) electrons. The van der Waals surface area contributed by atoms with Crippen LogP contribution in [0.5, 0.6) is 5.75 Å². The van der Waals surface area contributed by atoms with Crippen LogP contribution < -0.4 is 26.2 Å². The van der Waals surface area contributed by atoms with E-state index in [2.05, 4.69) is 16.8 Å². The van der Waals surface area contributed by atoms with Crippen LogP contribution in [-0.2, 0) is 20.5 Å².